The number of methoxy groups -OCH3 is 3. The third-order valence-electron chi connectivity index (χ3n) is 2.88. The van der Waals surface area contributed by atoms with Gasteiger partial charge in [0.1, 0.15) is 31.0 Å². The molecule has 1 N–H and O–H groups in total. The summed E-state index contributed by atoms with van der Waals surface area (Å²) in [7, 11) is 4.43. The van der Waals surface area contributed by atoms with Gasteiger partial charge in [0.15, 0.2) is 6.29 Å². The van der Waals surface area contributed by atoms with Gasteiger partial charge in [-0.05, 0) is 0 Å². The first-order valence-corrected chi connectivity index (χ1v) is 5.60. The molecule has 0 amide bonds. The summed E-state index contributed by atoms with van der Waals surface area (Å²) >= 11 is 0. The normalized spacial score (nSPS) is 36.4. The molecule has 0 bridgehead atoms. The Bertz CT molecular complexity index is 270. The average molecular weight is 264 g/mol. The fourth-order valence-corrected chi connectivity index (χ4v) is 2.03. The van der Waals surface area contributed by atoms with Gasteiger partial charge in [-0.3, -0.25) is 4.79 Å². The van der Waals surface area contributed by atoms with Crippen molar-refractivity contribution in [3.05, 3.63) is 0 Å². The molecule has 0 aromatic carbocycles. The molecule has 18 heavy (non-hydrogen) atoms. The van der Waals surface area contributed by atoms with Crippen LogP contribution in [0.4, 0.5) is 0 Å². The third-order valence-corrected chi connectivity index (χ3v) is 2.88. The molecule has 0 aromatic rings. The molecule has 0 aliphatic carbocycles. The fourth-order valence-electron chi connectivity index (χ4n) is 2.03. The smallest absolute Gasteiger partial charge is 0.302 e. The van der Waals surface area contributed by atoms with Gasteiger partial charge in [-0.25, -0.2) is 0 Å². The molecule has 0 unspecified atom stereocenters. The maximum Gasteiger partial charge on any atom is 0.302 e. The van der Waals surface area contributed by atoms with Crippen LogP contribution in [0, 0.1) is 0 Å². The highest BCUT2D eigenvalue weighted by Crippen LogP contribution is 2.26. The molecule has 5 atom stereocenters. The van der Waals surface area contributed by atoms with Crippen LogP contribution in [0.5, 0.6) is 0 Å². The number of carbonyl (C=O) groups excluding carboxylic acids is 1. The highest BCUT2D eigenvalue weighted by molar-refractivity contribution is 5.65. The third kappa shape index (κ3) is 3.39. The van der Waals surface area contributed by atoms with Crippen LogP contribution in [0.15, 0.2) is 0 Å². The zero-order valence-electron chi connectivity index (χ0n) is 11.0. The van der Waals surface area contributed by atoms with Gasteiger partial charge in [0.25, 0.3) is 0 Å². The van der Waals surface area contributed by atoms with Crippen molar-refractivity contribution in [3.63, 3.8) is 0 Å². The predicted molar refractivity (Wildman–Crippen MR) is 59.9 cm³/mol. The number of hydrogen-bond donors (Lipinski definition) is 1. The van der Waals surface area contributed by atoms with E-state index in [9.17, 15) is 9.90 Å². The molecule has 1 rings (SSSR count). The van der Waals surface area contributed by atoms with Crippen molar-refractivity contribution < 1.29 is 33.6 Å². The number of carbonyl (C=O) groups is 1. The van der Waals surface area contributed by atoms with Crippen molar-refractivity contribution in [2.45, 2.75) is 37.6 Å². The van der Waals surface area contributed by atoms with E-state index in [2.05, 4.69) is 0 Å². The first-order valence-electron chi connectivity index (χ1n) is 5.60. The number of esters is 1. The standard InChI is InChI=1S/C11H20O7/c1-6(12)17-5-7-8(14-2)9(15-3)10(16-4)11(13)18-7/h7-11,13H,5H2,1-4H3/t7-,8-,9+,10-,11+/m1/s1. The van der Waals surface area contributed by atoms with Gasteiger partial charge in [0.2, 0.25) is 0 Å². The van der Waals surface area contributed by atoms with Crippen molar-refractivity contribution in [1.29, 1.82) is 0 Å². The minimum Gasteiger partial charge on any atom is -0.463 e. The van der Waals surface area contributed by atoms with Crippen LogP contribution in [0.2, 0.25) is 0 Å². The van der Waals surface area contributed by atoms with Crippen LogP contribution in [-0.4, -0.2) is 69.7 Å². The van der Waals surface area contributed by atoms with Crippen LogP contribution >= 0.6 is 0 Å². The van der Waals surface area contributed by atoms with E-state index >= 15 is 0 Å². The monoisotopic (exact) mass is 264 g/mol. The number of ether oxygens (including phenoxy) is 5. The van der Waals surface area contributed by atoms with Crippen molar-refractivity contribution in [3.8, 4) is 0 Å². The molecule has 7 heteroatoms. The van der Waals surface area contributed by atoms with Gasteiger partial charge < -0.3 is 28.8 Å². The summed E-state index contributed by atoms with van der Waals surface area (Å²) in [5.41, 5.74) is 0. The Hall–Kier alpha value is -0.730. The Balaban J connectivity index is 2.76. The van der Waals surface area contributed by atoms with E-state index < -0.39 is 36.7 Å². The van der Waals surface area contributed by atoms with Gasteiger partial charge in [-0.15, -0.1) is 0 Å². The SMILES string of the molecule is CO[C@@H]1[C@@H](OC)[C@@H](O)O[C@H](COC(C)=O)[C@H]1OC. The zero-order chi connectivity index (χ0) is 13.7. The molecule has 1 fully saturated rings. The van der Waals surface area contributed by atoms with Gasteiger partial charge in [0.05, 0.1) is 0 Å². The first kappa shape index (κ1) is 15.3. The molecule has 1 heterocycles. The molecule has 7 nitrogen and oxygen atoms in total. The summed E-state index contributed by atoms with van der Waals surface area (Å²) in [6.07, 6.45) is -3.43. The van der Waals surface area contributed by atoms with E-state index in [1.54, 1.807) is 0 Å². The molecular weight excluding hydrogens is 244 g/mol. The fraction of sp³-hybridized carbons (Fsp3) is 0.909. The summed E-state index contributed by atoms with van der Waals surface area (Å²) in [4.78, 5) is 10.8. The quantitative estimate of drug-likeness (QED) is 0.658. The zero-order valence-corrected chi connectivity index (χ0v) is 11.0. The lowest BCUT2D eigenvalue weighted by atomic mass is 9.98. The molecule has 1 aliphatic rings. The van der Waals surface area contributed by atoms with Crippen molar-refractivity contribution in [1.82, 2.24) is 0 Å². The van der Waals surface area contributed by atoms with E-state index in [0.29, 0.717) is 0 Å². The lowest BCUT2D eigenvalue weighted by molar-refractivity contribution is -0.300. The minimum absolute atomic E-state index is 0.0127. The maximum atomic E-state index is 10.8. The lowest BCUT2D eigenvalue weighted by Crippen LogP contribution is -2.60. The first-order chi connectivity index (χ1) is 8.54. The van der Waals surface area contributed by atoms with Gasteiger partial charge in [-0.2, -0.15) is 0 Å². The van der Waals surface area contributed by atoms with E-state index in [4.69, 9.17) is 23.7 Å². The summed E-state index contributed by atoms with van der Waals surface area (Å²) in [6, 6.07) is 0. The second-order valence-electron chi connectivity index (χ2n) is 3.97. The Labute approximate surface area is 106 Å². The topological polar surface area (TPSA) is 83.5 Å². The van der Waals surface area contributed by atoms with Crippen molar-refractivity contribution >= 4 is 5.97 Å². The van der Waals surface area contributed by atoms with Crippen LogP contribution < -0.4 is 0 Å². The summed E-state index contributed by atoms with van der Waals surface area (Å²) in [5, 5.41) is 9.80. The summed E-state index contributed by atoms with van der Waals surface area (Å²) in [6.45, 7) is 1.29. The molecule has 0 aromatic heterocycles. The predicted octanol–water partition coefficient (Wildman–Crippen LogP) is -0.688. The molecule has 0 saturated carbocycles. The van der Waals surface area contributed by atoms with Crippen molar-refractivity contribution in [2.75, 3.05) is 27.9 Å². The second-order valence-corrected chi connectivity index (χ2v) is 3.97. The van der Waals surface area contributed by atoms with Crippen LogP contribution in [-0.2, 0) is 28.5 Å². The highest BCUT2D eigenvalue weighted by Gasteiger charge is 2.46. The maximum absolute atomic E-state index is 10.8. The molecule has 1 saturated heterocycles. The molecule has 0 spiro atoms. The molecule has 1 aliphatic heterocycles. The van der Waals surface area contributed by atoms with E-state index in [0.717, 1.165) is 0 Å². The Kier molecular flexibility index (Phi) is 5.97. The number of aliphatic hydroxyl groups is 1. The lowest BCUT2D eigenvalue weighted by Gasteiger charge is -2.42. The van der Waals surface area contributed by atoms with E-state index in [1.807, 2.05) is 0 Å². The van der Waals surface area contributed by atoms with Gasteiger partial charge >= 0.3 is 5.97 Å². The number of rotatable bonds is 5. The summed E-state index contributed by atoms with van der Waals surface area (Å²) in [5.74, 6) is -0.425. The van der Waals surface area contributed by atoms with Crippen molar-refractivity contribution in [2.24, 2.45) is 0 Å². The molecule has 106 valence electrons. The highest BCUT2D eigenvalue weighted by atomic mass is 16.7. The van der Waals surface area contributed by atoms with Crippen LogP contribution in [0.3, 0.4) is 0 Å². The number of aliphatic hydroxyl groups excluding tert-OH is 1. The Morgan fingerprint density at radius 2 is 1.67 bits per heavy atom. The largest absolute Gasteiger partial charge is 0.463 e. The summed E-state index contributed by atoms with van der Waals surface area (Å²) < 4.78 is 25.9. The Morgan fingerprint density at radius 1 is 1.11 bits per heavy atom. The molecule has 0 radical (unpaired) electrons. The van der Waals surface area contributed by atoms with Gasteiger partial charge in [0, 0.05) is 28.3 Å². The van der Waals surface area contributed by atoms with Gasteiger partial charge in [-0.1, -0.05) is 0 Å². The average Bonchev–Trinajstić information content (AvgIpc) is 2.34. The minimum atomic E-state index is -1.16. The molecular formula is C11H20O7. The van der Waals surface area contributed by atoms with E-state index in [1.165, 1.54) is 28.3 Å². The second kappa shape index (κ2) is 7.01. The number of hydrogen-bond acceptors (Lipinski definition) is 7. The van der Waals surface area contributed by atoms with Crippen LogP contribution in [0.25, 0.3) is 0 Å². The van der Waals surface area contributed by atoms with Crippen LogP contribution in [0.1, 0.15) is 6.92 Å². The Morgan fingerprint density at radius 3 is 2.11 bits per heavy atom. The van der Waals surface area contributed by atoms with E-state index in [-0.39, 0.29) is 6.61 Å².